The van der Waals surface area contributed by atoms with Crippen LogP contribution in [0.1, 0.15) is 34.6 Å². The number of anilines is 2. The lowest BCUT2D eigenvalue weighted by Crippen LogP contribution is -2.45. The molecule has 0 aliphatic heterocycles. The zero-order valence-electron chi connectivity index (χ0n) is 16.7. The molecule has 0 spiro atoms. The van der Waals surface area contributed by atoms with E-state index in [2.05, 4.69) is 36.3 Å². The van der Waals surface area contributed by atoms with Crippen molar-refractivity contribution in [1.29, 1.82) is 0 Å². The van der Waals surface area contributed by atoms with Gasteiger partial charge in [-0.25, -0.2) is 0 Å². The van der Waals surface area contributed by atoms with Gasteiger partial charge in [0.05, 0.1) is 21.2 Å². The highest BCUT2D eigenvalue weighted by atomic mass is 35.5. The molecular weight excluding hydrogens is 398 g/mol. The molecule has 148 valence electrons. The molecule has 0 aromatic heterocycles. The van der Waals surface area contributed by atoms with Crippen LogP contribution in [0.25, 0.3) is 0 Å². The van der Waals surface area contributed by atoms with Crippen LogP contribution in [0.15, 0.2) is 52.3 Å². The number of para-hydroxylation sites is 1. The Hall–Kier alpha value is -0.850. The highest BCUT2D eigenvalue weighted by Crippen LogP contribution is 2.42. The standard InChI is InChI=1S/C21H28ClNO2S2/c1-7-23(15-11-9-8-10-12-15)17-13-16(22)18(14-19(17)26-6)27-25-21(4,5)20(2,3)24/h8-14,24H,7H2,1-6H3. The summed E-state index contributed by atoms with van der Waals surface area (Å²) < 4.78 is 5.93. The molecule has 0 heterocycles. The number of hydrogen-bond donors (Lipinski definition) is 1. The van der Waals surface area contributed by atoms with E-state index in [1.807, 2.05) is 38.1 Å². The van der Waals surface area contributed by atoms with Crippen molar-refractivity contribution in [3.8, 4) is 0 Å². The molecule has 2 aromatic rings. The molecule has 2 rings (SSSR count). The Morgan fingerprint density at radius 2 is 1.70 bits per heavy atom. The molecule has 0 fully saturated rings. The number of rotatable bonds is 8. The van der Waals surface area contributed by atoms with Gasteiger partial charge in [-0.2, -0.15) is 0 Å². The Morgan fingerprint density at radius 1 is 1.07 bits per heavy atom. The summed E-state index contributed by atoms with van der Waals surface area (Å²) >= 11 is 9.48. The van der Waals surface area contributed by atoms with Crippen molar-refractivity contribution in [2.75, 3.05) is 17.7 Å². The fraction of sp³-hybridized carbons (Fsp3) is 0.429. The molecule has 1 N–H and O–H groups in total. The number of thioether (sulfide) groups is 1. The van der Waals surface area contributed by atoms with Gasteiger partial charge < -0.3 is 14.2 Å². The van der Waals surface area contributed by atoms with Gasteiger partial charge in [0, 0.05) is 29.2 Å². The highest BCUT2D eigenvalue weighted by Gasteiger charge is 2.37. The van der Waals surface area contributed by atoms with E-state index >= 15 is 0 Å². The first-order valence-corrected chi connectivity index (χ1v) is 11.2. The van der Waals surface area contributed by atoms with Gasteiger partial charge in [0.15, 0.2) is 0 Å². The largest absolute Gasteiger partial charge is 0.387 e. The van der Waals surface area contributed by atoms with Crippen LogP contribution in [0.5, 0.6) is 0 Å². The van der Waals surface area contributed by atoms with Crippen LogP contribution in [0, 0.1) is 0 Å². The predicted octanol–water partition coefficient (Wildman–Crippen LogP) is 6.79. The quantitative estimate of drug-likeness (QED) is 0.371. The summed E-state index contributed by atoms with van der Waals surface area (Å²) in [5.74, 6) is 0. The molecule has 2 aromatic carbocycles. The molecule has 27 heavy (non-hydrogen) atoms. The van der Waals surface area contributed by atoms with Gasteiger partial charge in [0.25, 0.3) is 0 Å². The van der Waals surface area contributed by atoms with E-state index in [-0.39, 0.29) is 0 Å². The topological polar surface area (TPSA) is 32.7 Å². The number of nitrogens with zero attached hydrogens (tertiary/aromatic N) is 1. The molecule has 0 saturated heterocycles. The van der Waals surface area contributed by atoms with Crippen molar-refractivity contribution in [3.05, 3.63) is 47.5 Å². The van der Waals surface area contributed by atoms with E-state index in [4.69, 9.17) is 15.8 Å². The number of aliphatic hydroxyl groups is 1. The molecule has 0 radical (unpaired) electrons. The molecule has 0 aliphatic rings. The van der Waals surface area contributed by atoms with Crippen molar-refractivity contribution >= 4 is 46.8 Å². The summed E-state index contributed by atoms with van der Waals surface area (Å²) in [5.41, 5.74) is 0.512. The van der Waals surface area contributed by atoms with E-state index < -0.39 is 11.2 Å². The SMILES string of the molecule is CCN(c1ccccc1)c1cc(Cl)c(SOC(C)(C)C(C)(C)O)cc1SC. The lowest BCUT2D eigenvalue weighted by molar-refractivity contribution is -0.0813. The Bertz CT molecular complexity index is 761. The number of hydrogen-bond acceptors (Lipinski definition) is 5. The molecule has 0 unspecified atom stereocenters. The molecule has 3 nitrogen and oxygen atoms in total. The van der Waals surface area contributed by atoms with Crippen LogP contribution < -0.4 is 4.90 Å². The third kappa shape index (κ3) is 5.36. The summed E-state index contributed by atoms with van der Waals surface area (Å²) in [6, 6.07) is 14.3. The molecule has 0 aliphatic carbocycles. The van der Waals surface area contributed by atoms with E-state index in [0.717, 1.165) is 27.7 Å². The average Bonchev–Trinajstić information content (AvgIpc) is 2.61. The van der Waals surface area contributed by atoms with Crippen molar-refractivity contribution in [1.82, 2.24) is 0 Å². The van der Waals surface area contributed by atoms with Crippen molar-refractivity contribution in [2.24, 2.45) is 0 Å². The van der Waals surface area contributed by atoms with Crippen molar-refractivity contribution < 1.29 is 9.29 Å². The van der Waals surface area contributed by atoms with E-state index in [1.54, 1.807) is 25.6 Å². The summed E-state index contributed by atoms with van der Waals surface area (Å²) in [6.45, 7) is 10.2. The third-order valence-electron chi connectivity index (χ3n) is 4.72. The Balaban J connectivity index is 2.34. The zero-order chi connectivity index (χ0) is 20.2. The minimum Gasteiger partial charge on any atom is -0.387 e. The highest BCUT2D eigenvalue weighted by molar-refractivity contribution is 7.99. The van der Waals surface area contributed by atoms with Crippen LogP contribution >= 0.6 is 35.4 Å². The smallest absolute Gasteiger partial charge is 0.106 e. The minimum atomic E-state index is -0.971. The van der Waals surface area contributed by atoms with E-state index in [1.165, 1.54) is 12.0 Å². The van der Waals surface area contributed by atoms with Crippen LogP contribution in [0.3, 0.4) is 0 Å². The van der Waals surface area contributed by atoms with Crippen molar-refractivity contribution in [2.45, 2.75) is 55.6 Å². The number of halogens is 1. The Morgan fingerprint density at radius 3 is 2.22 bits per heavy atom. The first-order chi connectivity index (χ1) is 12.6. The second-order valence-corrected chi connectivity index (χ2v) is 9.30. The maximum atomic E-state index is 10.3. The summed E-state index contributed by atoms with van der Waals surface area (Å²) in [4.78, 5) is 4.21. The first kappa shape index (κ1) is 22.4. The van der Waals surface area contributed by atoms with Crippen LogP contribution in [-0.4, -0.2) is 29.1 Å². The minimum absolute atomic E-state index is 0.633. The lowest BCUT2D eigenvalue weighted by Gasteiger charge is -2.36. The second kappa shape index (κ2) is 9.10. The molecular formula is C21H28ClNO2S2. The maximum absolute atomic E-state index is 10.3. The molecule has 6 heteroatoms. The van der Waals surface area contributed by atoms with Crippen LogP contribution in [0.4, 0.5) is 11.4 Å². The summed E-state index contributed by atoms with van der Waals surface area (Å²) in [6.07, 6.45) is 2.06. The summed E-state index contributed by atoms with van der Waals surface area (Å²) in [5, 5.41) is 10.9. The molecule has 0 saturated carbocycles. The number of benzene rings is 2. The normalized spacial score (nSPS) is 12.3. The van der Waals surface area contributed by atoms with Gasteiger partial charge >= 0.3 is 0 Å². The fourth-order valence-electron chi connectivity index (χ4n) is 2.31. The fourth-order valence-corrected chi connectivity index (χ4v) is 4.06. The summed E-state index contributed by atoms with van der Waals surface area (Å²) in [7, 11) is 0. The third-order valence-corrected chi connectivity index (χ3v) is 6.93. The molecule has 0 amide bonds. The zero-order valence-corrected chi connectivity index (χ0v) is 19.1. The van der Waals surface area contributed by atoms with Gasteiger partial charge in [-0.05, 0) is 65.1 Å². The Labute approximate surface area is 176 Å². The lowest BCUT2D eigenvalue weighted by atomic mass is 9.90. The van der Waals surface area contributed by atoms with Crippen LogP contribution in [0.2, 0.25) is 5.02 Å². The van der Waals surface area contributed by atoms with E-state index in [9.17, 15) is 5.11 Å². The van der Waals surface area contributed by atoms with Crippen molar-refractivity contribution in [3.63, 3.8) is 0 Å². The Kier molecular flexibility index (Phi) is 7.56. The monoisotopic (exact) mass is 425 g/mol. The van der Waals surface area contributed by atoms with Gasteiger partial charge in [-0.3, -0.25) is 0 Å². The van der Waals surface area contributed by atoms with E-state index in [0.29, 0.717) is 5.02 Å². The van der Waals surface area contributed by atoms with Gasteiger partial charge in [-0.15, -0.1) is 11.8 Å². The first-order valence-electron chi connectivity index (χ1n) is 8.89. The van der Waals surface area contributed by atoms with Gasteiger partial charge in [0.1, 0.15) is 5.60 Å². The van der Waals surface area contributed by atoms with Crippen LogP contribution in [-0.2, 0) is 4.18 Å². The average molecular weight is 426 g/mol. The van der Waals surface area contributed by atoms with Gasteiger partial charge in [-0.1, -0.05) is 29.8 Å². The molecule has 0 atom stereocenters. The second-order valence-electron chi connectivity index (χ2n) is 7.27. The predicted molar refractivity (Wildman–Crippen MR) is 120 cm³/mol. The van der Waals surface area contributed by atoms with Gasteiger partial charge in [0.2, 0.25) is 0 Å². The molecule has 0 bridgehead atoms. The maximum Gasteiger partial charge on any atom is 0.106 e.